The average Bonchev–Trinajstić information content (AvgIpc) is 2.54. The van der Waals surface area contributed by atoms with Crippen molar-refractivity contribution in [1.29, 1.82) is 0 Å². The van der Waals surface area contributed by atoms with Crippen molar-refractivity contribution in [1.82, 2.24) is 10.2 Å². The summed E-state index contributed by atoms with van der Waals surface area (Å²) in [6.07, 6.45) is -4.98. The summed E-state index contributed by atoms with van der Waals surface area (Å²) in [5.74, 6) is 0. The Kier molecular flexibility index (Phi) is 6.12. The third kappa shape index (κ3) is 4.21. The Balaban J connectivity index is 0.00000208. The highest BCUT2D eigenvalue weighted by atomic mass is 35.5. The maximum absolute atomic E-state index is 13.2. The van der Waals surface area contributed by atoms with Gasteiger partial charge in [0.25, 0.3) is 0 Å². The standard InChI is InChI=1S/C18H21F3N2.ClH/c1-13-6-7-16(15-5-3-2-4-14(13)15)17(12-18(19,20)21)23-10-8-22-9-11-23;/h2-7,17,22H,8-12H2,1H3;1H/t17-;/m1./s1. The Hall–Kier alpha value is -1.30. The molecule has 1 atom stereocenters. The summed E-state index contributed by atoms with van der Waals surface area (Å²) in [6.45, 7) is 4.75. The van der Waals surface area contributed by atoms with Gasteiger partial charge in [0.1, 0.15) is 0 Å². The van der Waals surface area contributed by atoms with Crippen molar-refractivity contribution in [3.05, 3.63) is 47.5 Å². The van der Waals surface area contributed by atoms with Crippen LogP contribution in [0.2, 0.25) is 0 Å². The number of nitrogens with one attached hydrogen (secondary N) is 1. The zero-order valence-corrected chi connectivity index (χ0v) is 14.4. The van der Waals surface area contributed by atoms with Gasteiger partial charge in [-0.2, -0.15) is 13.2 Å². The topological polar surface area (TPSA) is 15.3 Å². The first-order chi connectivity index (χ1) is 11.0. The molecule has 1 aliphatic heterocycles. The summed E-state index contributed by atoms with van der Waals surface area (Å²) in [5, 5.41) is 5.17. The summed E-state index contributed by atoms with van der Waals surface area (Å²) in [7, 11) is 0. The van der Waals surface area contributed by atoms with E-state index in [1.807, 2.05) is 48.2 Å². The van der Waals surface area contributed by atoms with Gasteiger partial charge in [-0.25, -0.2) is 0 Å². The summed E-state index contributed by atoms with van der Waals surface area (Å²) in [6, 6.07) is 10.9. The van der Waals surface area contributed by atoms with Crippen LogP contribution in [0.1, 0.15) is 23.6 Å². The first kappa shape index (κ1) is 19.0. The van der Waals surface area contributed by atoms with Crippen LogP contribution in [0.3, 0.4) is 0 Å². The van der Waals surface area contributed by atoms with Crippen LogP contribution in [0, 0.1) is 6.92 Å². The molecule has 0 saturated carbocycles. The number of alkyl halides is 3. The Labute approximate surface area is 146 Å². The average molecular weight is 359 g/mol. The molecule has 1 heterocycles. The summed E-state index contributed by atoms with van der Waals surface area (Å²) < 4.78 is 39.6. The van der Waals surface area contributed by atoms with E-state index >= 15 is 0 Å². The molecule has 2 aromatic carbocycles. The van der Waals surface area contributed by atoms with Gasteiger partial charge in [-0.05, 0) is 28.8 Å². The number of nitrogens with zero attached hydrogens (tertiary/aromatic N) is 1. The molecule has 0 unspecified atom stereocenters. The largest absolute Gasteiger partial charge is 0.390 e. The molecule has 2 nitrogen and oxygen atoms in total. The zero-order chi connectivity index (χ0) is 16.4. The van der Waals surface area contributed by atoms with Crippen LogP contribution in [-0.2, 0) is 0 Å². The molecule has 3 rings (SSSR count). The van der Waals surface area contributed by atoms with E-state index in [0.717, 1.165) is 35.0 Å². The Morgan fingerprint density at radius 1 is 1.04 bits per heavy atom. The van der Waals surface area contributed by atoms with Crippen LogP contribution in [0.15, 0.2) is 36.4 Å². The van der Waals surface area contributed by atoms with Crippen molar-refractivity contribution >= 4 is 23.2 Å². The molecule has 1 fully saturated rings. The third-order valence-corrected chi connectivity index (χ3v) is 4.55. The third-order valence-electron chi connectivity index (χ3n) is 4.55. The number of rotatable bonds is 3. The molecule has 1 aliphatic rings. The predicted octanol–water partition coefficient (Wildman–Crippen LogP) is 4.47. The minimum atomic E-state index is -4.18. The number of hydrogen-bond donors (Lipinski definition) is 1. The molecule has 0 amide bonds. The van der Waals surface area contributed by atoms with Crippen molar-refractivity contribution in [3.63, 3.8) is 0 Å². The second kappa shape index (κ2) is 7.72. The van der Waals surface area contributed by atoms with Crippen LogP contribution < -0.4 is 5.32 Å². The lowest BCUT2D eigenvalue weighted by atomic mass is 9.93. The molecule has 0 aliphatic carbocycles. The Morgan fingerprint density at radius 3 is 2.29 bits per heavy atom. The van der Waals surface area contributed by atoms with E-state index in [2.05, 4.69) is 5.32 Å². The van der Waals surface area contributed by atoms with Crippen LogP contribution in [0.5, 0.6) is 0 Å². The quantitative estimate of drug-likeness (QED) is 0.871. The number of halogens is 4. The molecule has 2 aromatic rings. The van der Waals surface area contributed by atoms with Crippen LogP contribution >= 0.6 is 12.4 Å². The molecule has 6 heteroatoms. The van der Waals surface area contributed by atoms with Gasteiger partial charge in [-0.1, -0.05) is 36.4 Å². The molecule has 0 bridgehead atoms. The van der Waals surface area contributed by atoms with Crippen LogP contribution in [0.4, 0.5) is 13.2 Å². The van der Waals surface area contributed by atoms with E-state index in [-0.39, 0.29) is 12.4 Å². The highest BCUT2D eigenvalue weighted by Gasteiger charge is 2.36. The first-order valence-electron chi connectivity index (χ1n) is 7.95. The predicted molar refractivity (Wildman–Crippen MR) is 93.8 cm³/mol. The van der Waals surface area contributed by atoms with E-state index in [9.17, 15) is 13.2 Å². The Bertz CT molecular complexity index is 682. The lowest BCUT2D eigenvalue weighted by Gasteiger charge is -2.36. The minimum absolute atomic E-state index is 0. The van der Waals surface area contributed by atoms with Gasteiger partial charge in [0.05, 0.1) is 6.42 Å². The van der Waals surface area contributed by atoms with E-state index in [0.29, 0.717) is 13.1 Å². The van der Waals surface area contributed by atoms with Crippen molar-refractivity contribution in [2.24, 2.45) is 0 Å². The lowest BCUT2D eigenvalue weighted by molar-refractivity contribution is -0.148. The van der Waals surface area contributed by atoms with Crippen molar-refractivity contribution in [3.8, 4) is 0 Å². The molecule has 1 N–H and O–H groups in total. The SMILES string of the molecule is Cc1ccc([C@@H](CC(F)(F)F)N2CCNCC2)c2ccccc12.Cl. The lowest BCUT2D eigenvalue weighted by Crippen LogP contribution is -2.46. The van der Waals surface area contributed by atoms with Gasteiger partial charge in [0, 0.05) is 32.2 Å². The molecule has 1 saturated heterocycles. The fourth-order valence-electron chi connectivity index (χ4n) is 3.41. The Morgan fingerprint density at radius 2 is 1.67 bits per heavy atom. The van der Waals surface area contributed by atoms with E-state index in [1.165, 1.54) is 0 Å². The van der Waals surface area contributed by atoms with E-state index < -0.39 is 18.6 Å². The van der Waals surface area contributed by atoms with Gasteiger partial charge < -0.3 is 5.32 Å². The highest BCUT2D eigenvalue weighted by molar-refractivity contribution is 5.89. The molecule has 0 radical (unpaired) electrons. The fraction of sp³-hybridized carbons (Fsp3) is 0.444. The van der Waals surface area contributed by atoms with Crippen LogP contribution in [-0.4, -0.2) is 37.3 Å². The monoisotopic (exact) mass is 358 g/mol. The smallest absolute Gasteiger partial charge is 0.314 e. The van der Waals surface area contributed by atoms with Gasteiger partial charge in [0.15, 0.2) is 0 Å². The second-order valence-corrected chi connectivity index (χ2v) is 6.14. The fourth-order valence-corrected chi connectivity index (χ4v) is 3.41. The summed E-state index contributed by atoms with van der Waals surface area (Å²) >= 11 is 0. The highest BCUT2D eigenvalue weighted by Crippen LogP contribution is 2.37. The normalized spacial score (nSPS) is 17.5. The van der Waals surface area contributed by atoms with Crippen molar-refractivity contribution in [2.75, 3.05) is 26.2 Å². The van der Waals surface area contributed by atoms with Gasteiger partial charge >= 0.3 is 6.18 Å². The number of benzene rings is 2. The van der Waals surface area contributed by atoms with Gasteiger partial charge in [0.2, 0.25) is 0 Å². The minimum Gasteiger partial charge on any atom is -0.314 e. The van der Waals surface area contributed by atoms with E-state index in [1.54, 1.807) is 0 Å². The number of fused-ring (bicyclic) bond motifs is 1. The van der Waals surface area contributed by atoms with Gasteiger partial charge in [-0.3, -0.25) is 4.90 Å². The molecule has 132 valence electrons. The summed E-state index contributed by atoms with van der Waals surface area (Å²) in [4.78, 5) is 1.96. The van der Waals surface area contributed by atoms with Crippen molar-refractivity contribution in [2.45, 2.75) is 25.6 Å². The molecular weight excluding hydrogens is 337 g/mol. The first-order valence-corrected chi connectivity index (χ1v) is 7.95. The van der Waals surface area contributed by atoms with E-state index in [4.69, 9.17) is 0 Å². The molecular formula is C18H22ClF3N2. The van der Waals surface area contributed by atoms with Gasteiger partial charge in [-0.15, -0.1) is 12.4 Å². The summed E-state index contributed by atoms with van der Waals surface area (Å²) in [5.41, 5.74) is 1.88. The molecule has 0 spiro atoms. The number of hydrogen-bond acceptors (Lipinski definition) is 2. The van der Waals surface area contributed by atoms with Crippen molar-refractivity contribution < 1.29 is 13.2 Å². The zero-order valence-electron chi connectivity index (χ0n) is 13.6. The number of aryl methyl sites for hydroxylation is 1. The molecule has 0 aromatic heterocycles. The second-order valence-electron chi connectivity index (χ2n) is 6.14. The maximum Gasteiger partial charge on any atom is 0.390 e. The number of piperazine rings is 1. The maximum atomic E-state index is 13.2. The van der Waals surface area contributed by atoms with Crippen LogP contribution in [0.25, 0.3) is 10.8 Å². The molecule has 24 heavy (non-hydrogen) atoms.